The molecule has 17 heavy (non-hydrogen) atoms. The second-order valence-electron chi connectivity index (χ2n) is 4.58. The van der Waals surface area contributed by atoms with E-state index in [0.29, 0.717) is 24.0 Å². The molecule has 0 unspecified atom stereocenters. The molecule has 1 aromatic carbocycles. The quantitative estimate of drug-likeness (QED) is 0.808. The number of sulfonamides is 1. The van der Waals surface area contributed by atoms with Crippen molar-refractivity contribution in [2.24, 2.45) is 0 Å². The first-order valence-corrected chi connectivity index (χ1v) is 7.17. The third-order valence-corrected chi connectivity index (χ3v) is 5.12. The second-order valence-corrected chi connectivity index (χ2v) is 6.52. The first kappa shape index (κ1) is 12.5. The van der Waals surface area contributed by atoms with Crippen LogP contribution < -0.4 is 0 Å². The molecule has 1 fully saturated rings. The van der Waals surface area contributed by atoms with E-state index in [-0.39, 0.29) is 0 Å². The van der Waals surface area contributed by atoms with E-state index in [1.165, 1.54) is 0 Å². The summed E-state index contributed by atoms with van der Waals surface area (Å²) >= 11 is 0. The first-order valence-electron chi connectivity index (χ1n) is 5.73. The summed E-state index contributed by atoms with van der Waals surface area (Å²) in [5.41, 5.74) is 0. The highest BCUT2D eigenvalue weighted by atomic mass is 32.2. The van der Waals surface area contributed by atoms with Crippen LogP contribution in [0, 0.1) is 0 Å². The molecule has 1 aliphatic rings. The fraction of sp³-hybridized carbons (Fsp3) is 0.500. The maximum atomic E-state index is 12.3. The van der Waals surface area contributed by atoms with Crippen molar-refractivity contribution in [2.75, 3.05) is 27.2 Å². The van der Waals surface area contributed by atoms with Gasteiger partial charge in [0.1, 0.15) is 0 Å². The van der Waals surface area contributed by atoms with Crippen molar-refractivity contribution < 1.29 is 8.42 Å². The van der Waals surface area contributed by atoms with Crippen molar-refractivity contribution in [1.29, 1.82) is 0 Å². The molecular weight excluding hydrogens is 236 g/mol. The largest absolute Gasteiger partial charge is 0.305 e. The lowest BCUT2D eigenvalue weighted by Crippen LogP contribution is -2.34. The highest BCUT2D eigenvalue weighted by Crippen LogP contribution is 2.22. The van der Waals surface area contributed by atoms with E-state index in [0.717, 1.165) is 6.42 Å². The Hall–Kier alpha value is -0.910. The average Bonchev–Trinajstić information content (AvgIpc) is 2.80. The molecule has 1 atom stereocenters. The Labute approximate surface area is 103 Å². The zero-order valence-corrected chi connectivity index (χ0v) is 11.0. The average molecular weight is 254 g/mol. The van der Waals surface area contributed by atoms with Crippen LogP contribution in [0.3, 0.4) is 0 Å². The third-order valence-electron chi connectivity index (χ3n) is 3.24. The Balaban J connectivity index is 2.19. The summed E-state index contributed by atoms with van der Waals surface area (Å²) in [4.78, 5) is 2.47. The third kappa shape index (κ3) is 2.51. The molecule has 0 aromatic heterocycles. The van der Waals surface area contributed by atoms with Gasteiger partial charge in [0.15, 0.2) is 0 Å². The molecule has 1 aliphatic heterocycles. The van der Waals surface area contributed by atoms with Crippen molar-refractivity contribution in [3.8, 4) is 0 Å². The van der Waals surface area contributed by atoms with Crippen LogP contribution in [-0.4, -0.2) is 50.8 Å². The van der Waals surface area contributed by atoms with E-state index in [1.54, 1.807) is 28.6 Å². The van der Waals surface area contributed by atoms with Crippen molar-refractivity contribution >= 4 is 10.0 Å². The lowest BCUT2D eigenvalue weighted by molar-refractivity contribution is 0.302. The minimum atomic E-state index is -3.30. The van der Waals surface area contributed by atoms with Crippen molar-refractivity contribution in [2.45, 2.75) is 17.4 Å². The summed E-state index contributed by atoms with van der Waals surface area (Å²) in [5.74, 6) is 0. The number of rotatable bonds is 3. The highest BCUT2D eigenvalue weighted by molar-refractivity contribution is 7.89. The zero-order valence-electron chi connectivity index (χ0n) is 10.2. The number of hydrogen-bond acceptors (Lipinski definition) is 3. The normalized spacial score (nSPS) is 22.2. The van der Waals surface area contributed by atoms with Gasteiger partial charge in [0.05, 0.1) is 4.90 Å². The van der Waals surface area contributed by atoms with Gasteiger partial charge in [-0.2, -0.15) is 4.31 Å². The van der Waals surface area contributed by atoms with Crippen LogP contribution in [0.4, 0.5) is 0 Å². The summed E-state index contributed by atoms with van der Waals surface area (Å²) in [6.07, 6.45) is 0.902. The van der Waals surface area contributed by atoms with E-state index < -0.39 is 10.0 Å². The number of nitrogens with zero attached hydrogens (tertiary/aromatic N) is 2. The van der Waals surface area contributed by atoms with Gasteiger partial charge in [-0.25, -0.2) is 8.42 Å². The molecule has 0 radical (unpaired) electrons. The van der Waals surface area contributed by atoms with Gasteiger partial charge in [-0.05, 0) is 32.6 Å². The smallest absolute Gasteiger partial charge is 0.243 e. The molecule has 0 bridgehead atoms. The molecule has 5 heteroatoms. The van der Waals surface area contributed by atoms with Crippen molar-refractivity contribution in [1.82, 2.24) is 9.21 Å². The van der Waals surface area contributed by atoms with Crippen LogP contribution in [0.2, 0.25) is 0 Å². The Morgan fingerprint density at radius 1 is 1.24 bits per heavy atom. The Bertz CT molecular complexity index is 471. The van der Waals surface area contributed by atoms with E-state index in [1.807, 2.05) is 20.2 Å². The molecule has 0 saturated carbocycles. The fourth-order valence-corrected chi connectivity index (χ4v) is 3.61. The monoisotopic (exact) mass is 254 g/mol. The van der Waals surface area contributed by atoms with Gasteiger partial charge >= 0.3 is 0 Å². The highest BCUT2D eigenvalue weighted by Gasteiger charge is 2.33. The number of hydrogen-bond donors (Lipinski definition) is 0. The van der Waals surface area contributed by atoms with Crippen LogP contribution in [0.1, 0.15) is 6.42 Å². The second kappa shape index (κ2) is 4.76. The number of benzene rings is 1. The van der Waals surface area contributed by atoms with Crippen LogP contribution in [0.5, 0.6) is 0 Å². The van der Waals surface area contributed by atoms with E-state index in [2.05, 4.69) is 4.90 Å². The molecule has 2 rings (SSSR count). The molecule has 4 nitrogen and oxygen atoms in total. The Morgan fingerprint density at radius 3 is 2.41 bits per heavy atom. The van der Waals surface area contributed by atoms with Crippen LogP contribution in [0.15, 0.2) is 35.2 Å². The topological polar surface area (TPSA) is 40.6 Å². The Kier molecular flexibility index (Phi) is 3.51. The number of likely N-dealkylation sites (N-methyl/N-ethyl adjacent to an activating group) is 1. The summed E-state index contributed by atoms with van der Waals surface area (Å²) in [7, 11) is 0.680. The van der Waals surface area contributed by atoms with Gasteiger partial charge < -0.3 is 4.90 Å². The molecule has 1 saturated heterocycles. The molecule has 0 aliphatic carbocycles. The van der Waals surface area contributed by atoms with Crippen molar-refractivity contribution in [3.05, 3.63) is 30.3 Å². The predicted octanol–water partition coefficient (Wildman–Crippen LogP) is 1.01. The van der Waals surface area contributed by atoms with Crippen LogP contribution in [-0.2, 0) is 10.0 Å². The predicted molar refractivity (Wildman–Crippen MR) is 67.3 cm³/mol. The standard InChI is InChI=1S/C12H18N2O2S/c1-13(2)11-8-9-14(10-11)17(15,16)12-6-4-3-5-7-12/h3-7,11H,8-10H2,1-2H3/t11-/m0/s1. The lowest BCUT2D eigenvalue weighted by atomic mass is 10.2. The molecule has 0 N–H and O–H groups in total. The molecular formula is C12H18N2O2S. The molecule has 1 aromatic rings. The zero-order chi connectivity index (χ0) is 12.5. The maximum Gasteiger partial charge on any atom is 0.243 e. The van der Waals surface area contributed by atoms with Gasteiger partial charge in [-0.15, -0.1) is 0 Å². The molecule has 0 amide bonds. The lowest BCUT2D eigenvalue weighted by Gasteiger charge is -2.20. The summed E-state index contributed by atoms with van der Waals surface area (Å²) in [5, 5.41) is 0. The van der Waals surface area contributed by atoms with E-state index in [4.69, 9.17) is 0 Å². The van der Waals surface area contributed by atoms with Gasteiger partial charge in [-0.3, -0.25) is 0 Å². The molecule has 94 valence electrons. The Morgan fingerprint density at radius 2 is 1.88 bits per heavy atom. The maximum absolute atomic E-state index is 12.3. The molecule has 0 spiro atoms. The van der Waals surface area contributed by atoms with E-state index in [9.17, 15) is 8.42 Å². The fourth-order valence-electron chi connectivity index (χ4n) is 2.09. The van der Waals surface area contributed by atoms with Gasteiger partial charge in [0.2, 0.25) is 10.0 Å². The van der Waals surface area contributed by atoms with Gasteiger partial charge in [0.25, 0.3) is 0 Å². The summed E-state index contributed by atoms with van der Waals surface area (Å²) < 4.78 is 26.2. The summed E-state index contributed by atoms with van der Waals surface area (Å²) in [6.45, 7) is 1.20. The summed E-state index contributed by atoms with van der Waals surface area (Å²) in [6, 6.07) is 8.97. The SMILES string of the molecule is CN(C)[C@H]1CCN(S(=O)(=O)c2ccccc2)C1. The molecule has 1 heterocycles. The van der Waals surface area contributed by atoms with E-state index >= 15 is 0 Å². The minimum absolute atomic E-state index is 0.327. The van der Waals surface area contributed by atoms with Crippen molar-refractivity contribution in [3.63, 3.8) is 0 Å². The minimum Gasteiger partial charge on any atom is -0.305 e. The van der Waals surface area contributed by atoms with Crippen LogP contribution >= 0.6 is 0 Å². The first-order chi connectivity index (χ1) is 8.01. The van der Waals surface area contributed by atoms with Gasteiger partial charge in [0, 0.05) is 19.1 Å². The van der Waals surface area contributed by atoms with Crippen LogP contribution in [0.25, 0.3) is 0 Å². The van der Waals surface area contributed by atoms with Gasteiger partial charge in [-0.1, -0.05) is 18.2 Å².